The van der Waals surface area contributed by atoms with Gasteiger partial charge in [0.2, 0.25) is 0 Å². The largest absolute Gasteiger partial charge is 0.318 e. The molecule has 1 fully saturated rings. The molecule has 0 saturated heterocycles. The van der Waals surface area contributed by atoms with Crippen molar-refractivity contribution >= 4 is 11.9 Å². The van der Waals surface area contributed by atoms with Crippen LogP contribution in [0.4, 0.5) is 0 Å². The molecule has 0 aromatic heterocycles. The number of nitrogens with zero attached hydrogens (tertiary/aromatic N) is 1. The molecule has 0 aromatic carbocycles. The molecule has 0 radical (unpaired) electrons. The standard InChI is InChI=1S/C14H21NS.2C2H6/c1-10(2)12-13(11(3)4)15(5)16-14(12)8-6-7-9-14;2*1-2/h1,3,6-9H2,2,4-5H3;2*1-2H3. The lowest BCUT2D eigenvalue weighted by Gasteiger charge is -2.25. The van der Waals surface area contributed by atoms with Gasteiger partial charge in [-0.2, -0.15) is 0 Å². The monoisotopic (exact) mass is 295 g/mol. The van der Waals surface area contributed by atoms with E-state index in [2.05, 4.69) is 38.4 Å². The predicted molar refractivity (Wildman–Crippen MR) is 95.9 cm³/mol. The van der Waals surface area contributed by atoms with Crippen LogP contribution in [0.15, 0.2) is 35.6 Å². The molecule has 0 unspecified atom stereocenters. The number of rotatable bonds is 2. The molecule has 1 aliphatic carbocycles. The third kappa shape index (κ3) is 3.72. The van der Waals surface area contributed by atoms with E-state index < -0.39 is 0 Å². The third-order valence-corrected chi connectivity index (χ3v) is 4.98. The molecule has 0 bridgehead atoms. The van der Waals surface area contributed by atoms with Gasteiger partial charge in [0.15, 0.2) is 0 Å². The van der Waals surface area contributed by atoms with E-state index in [0.717, 1.165) is 5.57 Å². The zero-order valence-corrected chi connectivity index (χ0v) is 15.4. The fourth-order valence-electron chi connectivity index (χ4n) is 3.09. The van der Waals surface area contributed by atoms with E-state index in [1.54, 1.807) is 0 Å². The van der Waals surface area contributed by atoms with Crippen molar-refractivity contribution < 1.29 is 0 Å². The highest BCUT2D eigenvalue weighted by Crippen LogP contribution is 2.57. The van der Waals surface area contributed by atoms with Crippen molar-refractivity contribution in [2.24, 2.45) is 0 Å². The van der Waals surface area contributed by atoms with Crippen LogP contribution < -0.4 is 0 Å². The van der Waals surface area contributed by atoms with Crippen LogP contribution in [0.1, 0.15) is 67.2 Å². The van der Waals surface area contributed by atoms with Crippen molar-refractivity contribution in [2.45, 2.75) is 72.0 Å². The number of likely N-dealkylation sites (N-methyl/N-ethyl adjacent to an activating group) is 1. The molecule has 2 heteroatoms. The van der Waals surface area contributed by atoms with Gasteiger partial charge in [-0.3, -0.25) is 0 Å². The van der Waals surface area contributed by atoms with Gasteiger partial charge in [0.25, 0.3) is 0 Å². The molecule has 0 aromatic rings. The average molecular weight is 296 g/mol. The van der Waals surface area contributed by atoms with Crippen LogP contribution in [-0.2, 0) is 0 Å². The van der Waals surface area contributed by atoms with Crippen molar-refractivity contribution in [3.05, 3.63) is 35.6 Å². The van der Waals surface area contributed by atoms with E-state index in [4.69, 9.17) is 0 Å². The zero-order valence-electron chi connectivity index (χ0n) is 14.6. The summed E-state index contributed by atoms with van der Waals surface area (Å²) in [5.41, 5.74) is 5.16. The van der Waals surface area contributed by atoms with Crippen molar-refractivity contribution in [3.8, 4) is 0 Å². The van der Waals surface area contributed by atoms with Crippen molar-refractivity contribution in [1.82, 2.24) is 4.31 Å². The fourth-order valence-corrected chi connectivity index (χ4v) is 4.78. The molecule has 2 aliphatic rings. The van der Waals surface area contributed by atoms with Gasteiger partial charge in [0.1, 0.15) is 0 Å². The molecule has 1 aliphatic heterocycles. The van der Waals surface area contributed by atoms with Gasteiger partial charge in [0.05, 0.1) is 10.4 Å². The molecule has 0 N–H and O–H groups in total. The molecule has 0 atom stereocenters. The minimum Gasteiger partial charge on any atom is -0.318 e. The lowest BCUT2D eigenvalue weighted by atomic mass is 9.88. The molecule has 0 amide bonds. The molecule has 1 saturated carbocycles. The minimum absolute atomic E-state index is 0.314. The Kier molecular flexibility index (Phi) is 8.34. The maximum absolute atomic E-state index is 4.18. The quantitative estimate of drug-likeness (QED) is 0.546. The SMILES string of the molecule is C=C(C)C1=C(C(=C)C)C2(CCCC2)SN1C.CC.CC. The molecule has 1 heterocycles. The van der Waals surface area contributed by atoms with E-state index in [1.165, 1.54) is 42.5 Å². The summed E-state index contributed by atoms with van der Waals surface area (Å²) in [5.74, 6) is 0. The van der Waals surface area contributed by atoms with Crippen molar-refractivity contribution in [2.75, 3.05) is 7.05 Å². The van der Waals surface area contributed by atoms with E-state index in [9.17, 15) is 0 Å². The van der Waals surface area contributed by atoms with Gasteiger partial charge >= 0.3 is 0 Å². The van der Waals surface area contributed by atoms with Gasteiger partial charge in [-0.25, -0.2) is 0 Å². The summed E-state index contributed by atoms with van der Waals surface area (Å²) in [6.07, 6.45) is 5.28. The summed E-state index contributed by atoms with van der Waals surface area (Å²) in [4.78, 5) is 0. The Balaban J connectivity index is 0.000000829. The summed E-state index contributed by atoms with van der Waals surface area (Å²) in [6, 6.07) is 0. The Morgan fingerprint density at radius 3 is 1.80 bits per heavy atom. The number of hydrogen-bond donors (Lipinski definition) is 0. The summed E-state index contributed by atoms with van der Waals surface area (Å²) < 4.78 is 2.62. The van der Waals surface area contributed by atoms with Crippen molar-refractivity contribution in [3.63, 3.8) is 0 Å². The molecular weight excluding hydrogens is 262 g/mol. The van der Waals surface area contributed by atoms with Gasteiger partial charge in [-0.1, -0.05) is 59.3 Å². The maximum Gasteiger partial charge on any atom is 0.0630 e. The Labute approximate surface area is 131 Å². The highest BCUT2D eigenvalue weighted by Gasteiger charge is 2.46. The van der Waals surface area contributed by atoms with Crippen LogP contribution in [0.3, 0.4) is 0 Å². The smallest absolute Gasteiger partial charge is 0.0630 e. The van der Waals surface area contributed by atoms with E-state index >= 15 is 0 Å². The van der Waals surface area contributed by atoms with Crippen LogP contribution >= 0.6 is 11.9 Å². The first kappa shape index (κ1) is 19.4. The first-order chi connectivity index (χ1) is 9.48. The highest BCUT2D eigenvalue weighted by molar-refractivity contribution is 7.99. The topological polar surface area (TPSA) is 3.24 Å². The first-order valence-corrected chi connectivity index (χ1v) is 8.75. The summed E-state index contributed by atoms with van der Waals surface area (Å²) in [5, 5.41) is 0. The summed E-state index contributed by atoms with van der Waals surface area (Å²) >= 11 is 1.99. The second-order valence-corrected chi connectivity index (χ2v) is 6.59. The van der Waals surface area contributed by atoms with Gasteiger partial charge in [-0.05, 0) is 49.8 Å². The van der Waals surface area contributed by atoms with Crippen LogP contribution in [0.2, 0.25) is 0 Å². The normalized spacial score (nSPS) is 19.2. The predicted octanol–water partition coefficient (Wildman–Crippen LogP) is 6.35. The lowest BCUT2D eigenvalue weighted by Crippen LogP contribution is -2.21. The number of hydrogen-bond acceptors (Lipinski definition) is 2. The average Bonchev–Trinajstić information content (AvgIpc) is 2.99. The third-order valence-electron chi connectivity index (χ3n) is 3.56. The van der Waals surface area contributed by atoms with E-state index in [1.807, 2.05) is 39.6 Å². The molecule has 1 spiro atoms. The fraction of sp³-hybridized carbons (Fsp3) is 0.667. The highest BCUT2D eigenvalue weighted by atomic mass is 32.2. The molecule has 116 valence electrons. The van der Waals surface area contributed by atoms with Gasteiger partial charge < -0.3 is 4.31 Å². The van der Waals surface area contributed by atoms with Crippen LogP contribution in [0, 0.1) is 0 Å². The van der Waals surface area contributed by atoms with Gasteiger partial charge in [0, 0.05) is 7.05 Å². The Morgan fingerprint density at radius 1 is 1.00 bits per heavy atom. The Hall–Kier alpha value is -0.630. The van der Waals surface area contributed by atoms with E-state index in [0.29, 0.717) is 4.75 Å². The lowest BCUT2D eigenvalue weighted by molar-refractivity contribution is 0.714. The molecular formula is C18H33NS. The Bertz CT molecular complexity index is 373. The zero-order chi connectivity index (χ0) is 15.9. The minimum atomic E-state index is 0.314. The Morgan fingerprint density at radius 2 is 1.45 bits per heavy atom. The van der Waals surface area contributed by atoms with Crippen molar-refractivity contribution in [1.29, 1.82) is 0 Å². The van der Waals surface area contributed by atoms with Crippen LogP contribution in [0.25, 0.3) is 0 Å². The molecule has 20 heavy (non-hydrogen) atoms. The van der Waals surface area contributed by atoms with Gasteiger partial charge in [-0.15, -0.1) is 0 Å². The first-order valence-electron chi connectivity index (χ1n) is 7.97. The molecule has 1 nitrogen and oxygen atoms in total. The van der Waals surface area contributed by atoms with E-state index in [-0.39, 0.29) is 0 Å². The maximum atomic E-state index is 4.18. The number of allylic oxidation sites excluding steroid dienone is 2. The summed E-state index contributed by atoms with van der Waals surface area (Å²) in [6.45, 7) is 20.5. The van der Waals surface area contributed by atoms with Crippen LogP contribution in [0.5, 0.6) is 0 Å². The summed E-state index contributed by atoms with van der Waals surface area (Å²) in [7, 11) is 2.16. The van der Waals surface area contributed by atoms with Crippen LogP contribution in [-0.4, -0.2) is 16.1 Å². The molecule has 2 rings (SSSR count). The second kappa shape index (κ2) is 8.61. The second-order valence-electron chi connectivity index (χ2n) is 5.07.